The Labute approximate surface area is 187 Å². The molecule has 1 aliphatic rings. The number of carbonyl (C=O) groups is 2. The van der Waals surface area contributed by atoms with Crippen LogP contribution in [0.3, 0.4) is 0 Å². The maximum absolute atomic E-state index is 12.9. The first-order valence-electron chi connectivity index (χ1n) is 10.2. The lowest BCUT2D eigenvalue weighted by Gasteiger charge is -2.11. The summed E-state index contributed by atoms with van der Waals surface area (Å²) in [7, 11) is 0. The highest BCUT2D eigenvalue weighted by Crippen LogP contribution is 2.32. The molecule has 0 spiro atoms. The van der Waals surface area contributed by atoms with Gasteiger partial charge in [0.25, 0.3) is 5.56 Å². The molecule has 0 saturated carbocycles. The van der Waals surface area contributed by atoms with Gasteiger partial charge >= 0.3 is 5.97 Å². The Hall–Kier alpha value is -4.46. The molecule has 4 aromatic rings. The summed E-state index contributed by atoms with van der Waals surface area (Å²) in [6.45, 7) is -0.188. The van der Waals surface area contributed by atoms with Gasteiger partial charge in [0.05, 0.1) is 11.9 Å². The van der Waals surface area contributed by atoms with Crippen LogP contribution in [-0.4, -0.2) is 34.9 Å². The Morgan fingerprint density at radius 2 is 1.64 bits per heavy atom. The van der Waals surface area contributed by atoms with E-state index in [0.717, 1.165) is 5.56 Å². The van der Waals surface area contributed by atoms with E-state index in [9.17, 15) is 14.4 Å². The van der Waals surface area contributed by atoms with Gasteiger partial charge in [-0.1, -0.05) is 48.5 Å². The van der Waals surface area contributed by atoms with Crippen LogP contribution in [0, 0.1) is 0 Å². The first-order valence-corrected chi connectivity index (χ1v) is 10.2. The average molecular weight is 442 g/mol. The van der Waals surface area contributed by atoms with E-state index in [0.29, 0.717) is 27.8 Å². The third-order valence-corrected chi connectivity index (χ3v) is 5.27. The Morgan fingerprint density at radius 3 is 2.45 bits per heavy atom. The molecule has 0 saturated heterocycles. The van der Waals surface area contributed by atoms with Gasteiger partial charge in [-0.3, -0.25) is 9.59 Å². The van der Waals surface area contributed by atoms with Gasteiger partial charge in [-0.25, -0.2) is 9.48 Å². The monoisotopic (exact) mass is 442 g/mol. The highest BCUT2D eigenvalue weighted by molar-refractivity contribution is 6.04. The molecule has 8 nitrogen and oxygen atoms in total. The fourth-order valence-corrected chi connectivity index (χ4v) is 3.60. The van der Waals surface area contributed by atoms with Crippen molar-refractivity contribution in [3.8, 4) is 11.5 Å². The van der Waals surface area contributed by atoms with E-state index >= 15 is 0 Å². The minimum atomic E-state index is -0.790. The van der Waals surface area contributed by atoms with Gasteiger partial charge in [-0.2, -0.15) is 5.10 Å². The molecule has 3 aromatic carbocycles. The number of benzene rings is 3. The number of esters is 1. The number of hydrogen-bond donors (Lipinski definition) is 0. The number of nitrogens with zero attached hydrogens (tertiary/aromatic N) is 2. The number of hydrogen-bond acceptors (Lipinski definition) is 7. The molecule has 0 aliphatic carbocycles. The van der Waals surface area contributed by atoms with Crippen LogP contribution >= 0.6 is 0 Å². The normalized spacial score (nSPS) is 12.0. The standard InChI is InChI=1S/C25H18N2O6/c28-20(17-10-11-21-22(12-17)33-15-32-21)14-31-25(30)23-18-8-4-5-9-19(18)24(29)27(26-23)13-16-6-2-1-3-7-16/h1-12H,13-15H2. The van der Waals surface area contributed by atoms with E-state index in [1.807, 2.05) is 30.3 Å². The highest BCUT2D eigenvalue weighted by atomic mass is 16.7. The van der Waals surface area contributed by atoms with Crippen LogP contribution in [0.4, 0.5) is 0 Å². The SMILES string of the molecule is O=C(COC(=O)c1nn(Cc2ccccc2)c(=O)c2ccccc12)c1ccc2c(c1)OCO2. The van der Waals surface area contributed by atoms with Gasteiger partial charge in [-0.15, -0.1) is 0 Å². The van der Waals surface area contributed by atoms with Crippen molar-refractivity contribution in [3.63, 3.8) is 0 Å². The maximum Gasteiger partial charge on any atom is 0.359 e. The zero-order chi connectivity index (χ0) is 22.8. The van der Waals surface area contributed by atoms with Crippen molar-refractivity contribution >= 4 is 22.5 Å². The fourth-order valence-electron chi connectivity index (χ4n) is 3.60. The maximum atomic E-state index is 12.9. The van der Waals surface area contributed by atoms with Crippen LogP contribution < -0.4 is 15.0 Å². The van der Waals surface area contributed by atoms with Gasteiger partial charge in [0, 0.05) is 10.9 Å². The number of fused-ring (bicyclic) bond motifs is 2. The predicted octanol–water partition coefficient (Wildman–Crippen LogP) is 3.21. The molecule has 8 heteroatoms. The Morgan fingerprint density at radius 1 is 0.909 bits per heavy atom. The summed E-state index contributed by atoms with van der Waals surface area (Å²) in [5.74, 6) is -0.168. The van der Waals surface area contributed by atoms with Crippen LogP contribution in [0.2, 0.25) is 0 Å². The molecule has 1 aromatic heterocycles. The molecular weight excluding hydrogens is 424 g/mol. The molecule has 0 bridgehead atoms. The molecule has 2 heterocycles. The predicted molar refractivity (Wildman–Crippen MR) is 119 cm³/mol. The summed E-state index contributed by atoms with van der Waals surface area (Å²) in [6, 6.07) is 20.8. The summed E-state index contributed by atoms with van der Waals surface area (Å²) in [4.78, 5) is 38.4. The van der Waals surface area contributed by atoms with Crippen molar-refractivity contribution in [3.05, 3.63) is 100.0 Å². The Kier molecular flexibility index (Phi) is 5.32. The number of Topliss-reactive ketones (excluding diaryl/α,β-unsaturated/α-hetero) is 1. The van der Waals surface area contributed by atoms with E-state index in [1.165, 1.54) is 4.68 Å². The number of ether oxygens (including phenoxy) is 3. The van der Waals surface area contributed by atoms with Crippen molar-refractivity contribution in [2.75, 3.05) is 13.4 Å². The van der Waals surface area contributed by atoms with Gasteiger partial charge in [0.2, 0.25) is 6.79 Å². The largest absolute Gasteiger partial charge is 0.454 e. The summed E-state index contributed by atoms with van der Waals surface area (Å²) in [5, 5.41) is 4.99. The van der Waals surface area contributed by atoms with Crippen molar-refractivity contribution < 1.29 is 23.8 Å². The van der Waals surface area contributed by atoms with Crippen LogP contribution in [0.5, 0.6) is 11.5 Å². The van der Waals surface area contributed by atoms with E-state index < -0.39 is 18.4 Å². The molecule has 0 atom stereocenters. The van der Waals surface area contributed by atoms with Gasteiger partial charge in [0.15, 0.2) is 29.6 Å². The summed E-state index contributed by atoms with van der Waals surface area (Å²) in [6.07, 6.45) is 0. The van der Waals surface area contributed by atoms with Gasteiger partial charge in [0.1, 0.15) is 0 Å². The molecule has 5 rings (SSSR count). The summed E-state index contributed by atoms with van der Waals surface area (Å²) >= 11 is 0. The lowest BCUT2D eigenvalue weighted by Crippen LogP contribution is -2.27. The second-order valence-electron chi connectivity index (χ2n) is 7.41. The van der Waals surface area contributed by atoms with Crippen molar-refractivity contribution in [2.45, 2.75) is 6.54 Å². The third kappa shape index (κ3) is 4.06. The molecule has 0 fully saturated rings. The smallest absolute Gasteiger partial charge is 0.359 e. The molecule has 164 valence electrons. The Balaban J connectivity index is 1.41. The van der Waals surface area contributed by atoms with Crippen molar-refractivity contribution in [1.29, 1.82) is 0 Å². The number of aromatic nitrogens is 2. The third-order valence-electron chi connectivity index (χ3n) is 5.27. The zero-order valence-electron chi connectivity index (χ0n) is 17.4. The summed E-state index contributed by atoms with van der Waals surface area (Å²) in [5.41, 5.74) is 0.848. The minimum absolute atomic E-state index is 0.0281. The lowest BCUT2D eigenvalue weighted by molar-refractivity contribution is 0.0468. The topological polar surface area (TPSA) is 96.7 Å². The van der Waals surface area contributed by atoms with E-state index in [2.05, 4.69) is 5.10 Å². The van der Waals surface area contributed by atoms with Crippen LogP contribution in [0.1, 0.15) is 26.4 Å². The number of rotatable bonds is 6. The van der Waals surface area contributed by atoms with Crippen LogP contribution in [0.25, 0.3) is 10.8 Å². The van der Waals surface area contributed by atoms with Crippen LogP contribution in [0.15, 0.2) is 77.6 Å². The van der Waals surface area contributed by atoms with Gasteiger partial charge in [-0.05, 0) is 29.8 Å². The summed E-state index contributed by atoms with van der Waals surface area (Å²) < 4.78 is 17.0. The van der Waals surface area contributed by atoms with Crippen LogP contribution in [-0.2, 0) is 11.3 Å². The second kappa shape index (κ2) is 8.58. The number of carbonyl (C=O) groups excluding carboxylic acids is 2. The average Bonchev–Trinajstić information content (AvgIpc) is 3.33. The quantitative estimate of drug-likeness (QED) is 0.334. The van der Waals surface area contributed by atoms with Crippen molar-refractivity contribution in [2.24, 2.45) is 0 Å². The highest BCUT2D eigenvalue weighted by Gasteiger charge is 2.21. The fraction of sp³-hybridized carbons (Fsp3) is 0.120. The molecule has 0 radical (unpaired) electrons. The number of ketones is 1. The first-order chi connectivity index (χ1) is 16.1. The molecule has 0 N–H and O–H groups in total. The van der Waals surface area contributed by atoms with E-state index in [4.69, 9.17) is 14.2 Å². The molecule has 0 unspecified atom stereocenters. The lowest BCUT2D eigenvalue weighted by atomic mass is 10.1. The van der Waals surface area contributed by atoms with Gasteiger partial charge < -0.3 is 14.2 Å². The molecule has 33 heavy (non-hydrogen) atoms. The van der Waals surface area contributed by atoms with E-state index in [-0.39, 0.29) is 24.6 Å². The first kappa shape index (κ1) is 20.4. The molecule has 1 aliphatic heterocycles. The second-order valence-corrected chi connectivity index (χ2v) is 7.41. The minimum Gasteiger partial charge on any atom is -0.454 e. The van der Waals surface area contributed by atoms with E-state index in [1.54, 1.807) is 42.5 Å². The zero-order valence-corrected chi connectivity index (χ0v) is 17.4. The molecule has 0 amide bonds. The van der Waals surface area contributed by atoms with Crippen molar-refractivity contribution in [1.82, 2.24) is 9.78 Å². The Bertz CT molecular complexity index is 1430. The molecular formula is C25H18N2O6.